The summed E-state index contributed by atoms with van der Waals surface area (Å²) < 4.78 is 13.3. The van der Waals surface area contributed by atoms with Crippen LogP contribution in [-0.4, -0.2) is 24.1 Å². The molecule has 0 saturated heterocycles. The van der Waals surface area contributed by atoms with Gasteiger partial charge in [-0.3, -0.25) is 0 Å². The fourth-order valence-corrected chi connectivity index (χ4v) is 1.98. The fraction of sp³-hybridized carbons (Fsp3) is 0.273. The molecule has 6 heteroatoms. The van der Waals surface area contributed by atoms with Gasteiger partial charge in [0.05, 0.1) is 12.7 Å². The summed E-state index contributed by atoms with van der Waals surface area (Å²) in [6.07, 6.45) is 1.18. The van der Waals surface area contributed by atoms with Crippen molar-refractivity contribution in [1.82, 2.24) is 9.97 Å². The van der Waals surface area contributed by atoms with Gasteiger partial charge in [0.1, 0.15) is 0 Å². The summed E-state index contributed by atoms with van der Waals surface area (Å²) in [5.41, 5.74) is 0. The predicted octanol–water partition coefficient (Wildman–Crippen LogP) is 2.36. The van der Waals surface area contributed by atoms with Crippen LogP contribution in [0.15, 0.2) is 23.7 Å². The number of hydrogen-bond donors (Lipinski definition) is 1. The van der Waals surface area contributed by atoms with E-state index in [9.17, 15) is 4.39 Å². The average molecular weight is 252 g/mol. The first-order chi connectivity index (χ1) is 8.16. The molecule has 90 valence electrons. The lowest BCUT2D eigenvalue weighted by molar-refractivity contribution is 0.612. The maximum Gasteiger partial charge on any atom is 0.225 e. The van der Waals surface area contributed by atoms with Gasteiger partial charge in [-0.2, -0.15) is 4.98 Å². The number of aromatic nitrogens is 2. The highest BCUT2D eigenvalue weighted by atomic mass is 32.1. The zero-order chi connectivity index (χ0) is 12.3. The number of nitrogens with one attached hydrogen (secondary N) is 1. The molecule has 0 bridgehead atoms. The molecular formula is C11H13FN4S. The van der Waals surface area contributed by atoms with Crippen LogP contribution in [0.3, 0.4) is 0 Å². The van der Waals surface area contributed by atoms with Crippen LogP contribution in [0.2, 0.25) is 0 Å². The van der Waals surface area contributed by atoms with Crippen molar-refractivity contribution in [2.75, 3.05) is 24.3 Å². The molecule has 0 aromatic carbocycles. The Morgan fingerprint density at radius 2 is 2.29 bits per heavy atom. The molecule has 2 heterocycles. The van der Waals surface area contributed by atoms with E-state index in [2.05, 4.69) is 15.3 Å². The summed E-state index contributed by atoms with van der Waals surface area (Å²) in [6.45, 7) is 0.649. The highest BCUT2D eigenvalue weighted by molar-refractivity contribution is 7.09. The first-order valence-electron chi connectivity index (χ1n) is 5.13. The van der Waals surface area contributed by atoms with E-state index in [1.807, 2.05) is 17.5 Å². The Morgan fingerprint density at radius 1 is 1.47 bits per heavy atom. The van der Waals surface area contributed by atoms with Gasteiger partial charge in [0.25, 0.3) is 0 Å². The third kappa shape index (κ3) is 2.91. The van der Waals surface area contributed by atoms with Crippen LogP contribution in [0.5, 0.6) is 0 Å². The van der Waals surface area contributed by atoms with Crippen LogP contribution in [0, 0.1) is 5.82 Å². The fourth-order valence-electron chi connectivity index (χ4n) is 1.34. The van der Waals surface area contributed by atoms with Gasteiger partial charge in [-0.15, -0.1) is 11.3 Å². The monoisotopic (exact) mass is 252 g/mol. The van der Waals surface area contributed by atoms with Crippen LogP contribution in [0.25, 0.3) is 0 Å². The largest absolute Gasteiger partial charge is 0.360 e. The topological polar surface area (TPSA) is 41.1 Å². The molecule has 0 amide bonds. The quantitative estimate of drug-likeness (QED) is 0.907. The molecule has 0 aliphatic carbocycles. The van der Waals surface area contributed by atoms with Crippen molar-refractivity contribution in [2.24, 2.45) is 0 Å². The second kappa shape index (κ2) is 5.09. The molecule has 2 aromatic heterocycles. The van der Waals surface area contributed by atoms with Gasteiger partial charge in [0.2, 0.25) is 5.95 Å². The number of anilines is 2. The van der Waals surface area contributed by atoms with Gasteiger partial charge in [0, 0.05) is 19.0 Å². The SMILES string of the molecule is CN(C)c1nc(NCc2cccs2)ncc1F. The van der Waals surface area contributed by atoms with Crippen LogP contribution >= 0.6 is 11.3 Å². The van der Waals surface area contributed by atoms with E-state index < -0.39 is 5.82 Å². The number of rotatable bonds is 4. The average Bonchev–Trinajstić information content (AvgIpc) is 2.80. The minimum Gasteiger partial charge on any atom is -0.360 e. The van der Waals surface area contributed by atoms with Gasteiger partial charge >= 0.3 is 0 Å². The number of thiophene rings is 1. The van der Waals surface area contributed by atoms with Crippen LogP contribution < -0.4 is 10.2 Å². The first-order valence-corrected chi connectivity index (χ1v) is 6.01. The normalized spacial score (nSPS) is 10.3. The molecule has 0 spiro atoms. The van der Waals surface area contributed by atoms with E-state index in [-0.39, 0.29) is 5.82 Å². The lowest BCUT2D eigenvalue weighted by atomic mass is 10.4. The number of halogens is 1. The van der Waals surface area contributed by atoms with Gasteiger partial charge in [-0.1, -0.05) is 6.07 Å². The molecular weight excluding hydrogens is 239 g/mol. The third-order valence-corrected chi connectivity index (χ3v) is 3.03. The predicted molar refractivity (Wildman–Crippen MR) is 68.0 cm³/mol. The van der Waals surface area contributed by atoms with Gasteiger partial charge in [-0.05, 0) is 11.4 Å². The standard InChI is InChI=1S/C11H13FN4S/c1-16(2)10-9(12)7-14-11(15-10)13-6-8-4-3-5-17-8/h3-5,7H,6H2,1-2H3,(H,13,14,15). The summed E-state index contributed by atoms with van der Waals surface area (Å²) in [7, 11) is 3.49. The molecule has 2 rings (SSSR count). The zero-order valence-electron chi connectivity index (χ0n) is 9.64. The van der Waals surface area contributed by atoms with E-state index in [1.165, 1.54) is 11.1 Å². The minimum absolute atomic E-state index is 0.286. The van der Waals surface area contributed by atoms with E-state index in [1.54, 1.807) is 30.3 Å². The lowest BCUT2D eigenvalue weighted by Crippen LogP contribution is -2.14. The molecule has 1 N–H and O–H groups in total. The van der Waals surface area contributed by atoms with Crippen molar-refractivity contribution < 1.29 is 4.39 Å². The molecule has 0 aliphatic heterocycles. The first kappa shape index (κ1) is 11.8. The maximum absolute atomic E-state index is 13.3. The summed E-state index contributed by atoms with van der Waals surface area (Å²) >= 11 is 1.65. The van der Waals surface area contributed by atoms with Gasteiger partial charge in [0.15, 0.2) is 11.6 Å². The highest BCUT2D eigenvalue weighted by Crippen LogP contribution is 2.15. The molecule has 0 fully saturated rings. The summed E-state index contributed by atoms with van der Waals surface area (Å²) in [6, 6.07) is 4.01. The van der Waals surface area contributed by atoms with Crippen molar-refractivity contribution in [3.8, 4) is 0 Å². The number of hydrogen-bond acceptors (Lipinski definition) is 5. The summed E-state index contributed by atoms with van der Waals surface area (Å²) in [5.74, 6) is 0.300. The Morgan fingerprint density at radius 3 is 2.94 bits per heavy atom. The van der Waals surface area contributed by atoms with E-state index in [0.29, 0.717) is 12.5 Å². The van der Waals surface area contributed by atoms with Gasteiger partial charge < -0.3 is 10.2 Å². The maximum atomic E-state index is 13.3. The molecule has 17 heavy (non-hydrogen) atoms. The van der Waals surface area contributed by atoms with Crippen LogP contribution in [0.4, 0.5) is 16.2 Å². The summed E-state index contributed by atoms with van der Waals surface area (Å²) in [5, 5.41) is 5.07. The Kier molecular flexibility index (Phi) is 3.53. The van der Waals surface area contributed by atoms with Crippen molar-refractivity contribution in [3.05, 3.63) is 34.4 Å². The van der Waals surface area contributed by atoms with Crippen molar-refractivity contribution in [1.29, 1.82) is 0 Å². The van der Waals surface area contributed by atoms with Gasteiger partial charge in [-0.25, -0.2) is 9.37 Å². The molecule has 0 atom stereocenters. The summed E-state index contributed by atoms with van der Waals surface area (Å²) in [4.78, 5) is 10.8. The second-order valence-electron chi connectivity index (χ2n) is 3.69. The van der Waals surface area contributed by atoms with Crippen LogP contribution in [-0.2, 0) is 6.54 Å². The van der Waals surface area contributed by atoms with E-state index in [0.717, 1.165) is 0 Å². The number of nitrogens with zero attached hydrogens (tertiary/aromatic N) is 3. The van der Waals surface area contributed by atoms with Crippen molar-refractivity contribution in [2.45, 2.75) is 6.54 Å². The Bertz CT molecular complexity index is 484. The Hall–Kier alpha value is -1.69. The minimum atomic E-state index is -0.420. The molecule has 0 saturated carbocycles. The zero-order valence-corrected chi connectivity index (χ0v) is 10.5. The second-order valence-corrected chi connectivity index (χ2v) is 4.72. The van der Waals surface area contributed by atoms with Crippen molar-refractivity contribution >= 4 is 23.1 Å². The smallest absolute Gasteiger partial charge is 0.225 e. The highest BCUT2D eigenvalue weighted by Gasteiger charge is 2.08. The molecule has 0 aliphatic rings. The lowest BCUT2D eigenvalue weighted by Gasteiger charge is -2.13. The van der Waals surface area contributed by atoms with E-state index in [4.69, 9.17) is 0 Å². The Labute approximate surface area is 103 Å². The molecule has 2 aromatic rings. The molecule has 0 radical (unpaired) electrons. The van der Waals surface area contributed by atoms with Crippen LogP contribution in [0.1, 0.15) is 4.88 Å². The Balaban J connectivity index is 2.09. The molecule has 4 nitrogen and oxygen atoms in total. The van der Waals surface area contributed by atoms with Crippen molar-refractivity contribution in [3.63, 3.8) is 0 Å². The third-order valence-electron chi connectivity index (χ3n) is 2.15. The molecule has 0 unspecified atom stereocenters. The van der Waals surface area contributed by atoms with E-state index >= 15 is 0 Å².